The van der Waals surface area contributed by atoms with Crippen LogP contribution in [0.2, 0.25) is 0 Å². The number of aliphatic hydroxyl groups excluding tert-OH is 1. The molecule has 0 aliphatic carbocycles. The maximum atomic E-state index is 9.29. The summed E-state index contributed by atoms with van der Waals surface area (Å²) in [5.41, 5.74) is 1.61. The third-order valence-electron chi connectivity index (χ3n) is 4.47. The first-order valence-electron chi connectivity index (χ1n) is 6.63. The largest absolute Gasteiger partial charge is 0.396 e. The highest BCUT2D eigenvalue weighted by atomic mass is 16.3. The van der Waals surface area contributed by atoms with E-state index in [-0.39, 0.29) is 0 Å². The highest BCUT2D eigenvalue weighted by Crippen LogP contribution is 2.39. The van der Waals surface area contributed by atoms with E-state index in [2.05, 4.69) is 28.1 Å². The van der Waals surface area contributed by atoms with E-state index in [4.69, 9.17) is 0 Å². The molecule has 5 nitrogen and oxygen atoms in total. The number of nitrogens with zero attached hydrogens (tertiary/aromatic N) is 4. The Morgan fingerprint density at radius 2 is 2.22 bits per heavy atom. The van der Waals surface area contributed by atoms with Gasteiger partial charge in [-0.3, -0.25) is 14.5 Å². The second-order valence-electron chi connectivity index (χ2n) is 6.03. The van der Waals surface area contributed by atoms with Crippen LogP contribution in [0.4, 0.5) is 0 Å². The lowest BCUT2D eigenvalue weighted by Gasteiger charge is -2.52. The van der Waals surface area contributed by atoms with Crippen molar-refractivity contribution in [2.24, 2.45) is 13.0 Å². The summed E-state index contributed by atoms with van der Waals surface area (Å²) >= 11 is 0. The molecular weight excluding hydrogens is 228 g/mol. The molecule has 1 aromatic heterocycles. The average molecular weight is 250 g/mol. The van der Waals surface area contributed by atoms with Gasteiger partial charge >= 0.3 is 0 Å². The molecule has 2 fully saturated rings. The van der Waals surface area contributed by atoms with Crippen LogP contribution in [0.15, 0.2) is 12.4 Å². The molecule has 100 valence electrons. The minimum atomic E-state index is 0.328. The van der Waals surface area contributed by atoms with Crippen LogP contribution in [0, 0.1) is 5.92 Å². The van der Waals surface area contributed by atoms with Crippen molar-refractivity contribution in [2.75, 3.05) is 33.3 Å². The van der Waals surface area contributed by atoms with Crippen LogP contribution < -0.4 is 0 Å². The number of hydrogen-bond acceptors (Lipinski definition) is 4. The van der Waals surface area contributed by atoms with Crippen LogP contribution in [0.25, 0.3) is 0 Å². The molecule has 0 unspecified atom stereocenters. The van der Waals surface area contributed by atoms with Crippen molar-refractivity contribution < 1.29 is 5.11 Å². The van der Waals surface area contributed by atoms with E-state index in [9.17, 15) is 5.11 Å². The normalized spacial score (nSPS) is 27.8. The van der Waals surface area contributed by atoms with Crippen LogP contribution in [-0.4, -0.2) is 63.5 Å². The summed E-state index contributed by atoms with van der Waals surface area (Å²) in [6.07, 6.45) is 5.17. The van der Waals surface area contributed by atoms with Crippen LogP contribution in [0.3, 0.4) is 0 Å². The number of likely N-dealkylation sites (N-methyl/N-ethyl adjacent to an activating group) is 1. The van der Waals surface area contributed by atoms with Crippen molar-refractivity contribution in [1.29, 1.82) is 0 Å². The van der Waals surface area contributed by atoms with Gasteiger partial charge in [0.15, 0.2) is 0 Å². The molecule has 0 amide bonds. The number of aliphatic hydroxyl groups is 1. The van der Waals surface area contributed by atoms with Gasteiger partial charge in [0.2, 0.25) is 0 Å². The van der Waals surface area contributed by atoms with E-state index in [1.54, 1.807) is 0 Å². The third-order valence-corrected chi connectivity index (χ3v) is 4.47. The second kappa shape index (κ2) is 4.33. The lowest BCUT2D eigenvalue weighted by molar-refractivity contribution is -0.0223. The standard InChI is InChI=1S/C13H22N4O/c1-15-5-11(8-18)3-13(15)9-17(10-13)7-12-4-14-16(2)6-12/h4,6,11,18H,3,5,7-10H2,1-2H3/t11-/m0/s1. The number of rotatable bonds is 3. The Bertz CT molecular complexity index is 424. The molecule has 0 bridgehead atoms. The number of likely N-dealkylation sites (tertiary alicyclic amines) is 2. The van der Waals surface area contributed by atoms with Gasteiger partial charge in [0.05, 0.1) is 6.20 Å². The maximum absolute atomic E-state index is 9.29. The van der Waals surface area contributed by atoms with E-state index in [0.29, 0.717) is 18.1 Å². The summed E-state index contributed by atoms with van der Waals surface area (Å²) in [7, 11) is 4.15. The van der Waals surface area contributed by atoms with Gasteiger partial charge in [-0.25, -0.2) is 0 Å². The van der Waals surface area contributed by atoms with Crippen LogP contribution in [0.5, 0.6) is 0 Å². The Hall–Kier alpha value is -0.910. The highest BCUT2D eigenvalue weighted by Gasteiger charge is 2.51. The lowest BCUT2D eigenvalue weighted by Crippen LogP contribution is -2.66. The maximum Gasteiger partial charge on any atom is 0.0534 e. The Balaban J connectivity index is 1.56. The molecule has 1 aromatic rings. The minimum absolute atomic E-state index is 0.328. The van der Waals surface area contributed by atoms with E-state index >= 15 is 0 Å². The minimum Gasteiger partial charge on any atom is -0.396 e. The quantitative estimate of drug-likeness (QED) is 0.815. The second-order valence-corrected chi connectivity index (χ2v) is 6.03. The molecule has 3 heterocycles. The molecule has 2 saturated heterocycles. The van der Waals surface area contributed by atoms with Crippen molar-refractivity contribution in [1.82, 2.24) is 19.6 Å². The molecule has 1 N–H and O–H groups in total. The first kappa shape index (κ1) is 12.1. The molecule has 0 aromatic carbocycles. The van der Waals surface area contributed by atoms with Gasteiger partial charge in [0, 0.05) is 57.1 Å². The van der Waals surface area contributed by atoms with Gasteiger partial charge in [-0.05, 0) is 19.4 Å². The fraction of sp³-hybridized carbons (Fsp3) is 0.769. The summed E-state index contributed by atoms with van der Waals surface area (Å²) < 4.78 is 1.86. The third kappa shape index (κ3) is 1.96. The number of hydrogen-bond donors (Lipinski definition) is 1. The Morgan fingerprint density at radius 3 is 2.78 bits per heavy atom. The van der Waals surface area contributed by atoms with Gasteiger partial charge in [0.25, 0.3) is 0 Å². The fourth-order valence-electron chi connectivity index (χ4n) is 3.54. The van der Waals surface area contributed by atoms with Crippen molar-refractivity contribution in [3.05, 3.63) is 18.0 Å². The number of aryl methyl sites for hydroxylation is 1. The first-order chi connectivity index (χ1) is 8.61. The lowest BCUT2D eigenvalue weighted by atomic mass is 9.84. The molecular formula is C13H22N4O. The molecule has 1 spiro atoms. The summed E-state index contributed by atoms with van der Waals surface area (Å²) in [4.78, 5) is 4.90. The van der Waals surface area contributed by atoms with Gasteiger partial charge in [-0.1, -0.05) is 0 Å². The number of aromatic nitrogens is 2. The summed E-state index contributed by atoms with van der Waals surface area (Å²) in [5.74, 6) is 0.468. The Labute approximate surface area is 108 Å². The molecule has 0 saturated carbocycles. The zero-order valence-corrected chi connectivity index (χ0v) is 11.2. The molecule has 2 aliphatic rings. The van der Waals surface area contributed by atoms with E-state index < -0.39 is 0 Å². The van der Waals surface area contributed by atoms with Gasteiger partial charge < -0.3 is 5.11 Å². The Kier molecular flexibility index (Phi) is 2.92. The molecule has 3 rings (SSSR count). The van der Waals surface area contributed by atoms with Gasteiger partial charge in [0.1, 0.15) is 0 Å². The molecule has 1 atom stereocenters. The summed E-state index contributed by atoms with van der Waals surface area (Å²) in [6, 6.07) is 0. The topological polar surface area (TPSA) is 44.5 Å². The van der Waals surface area contributed by atoms with Crippen molar-refractivity contribution in [3.8, 4) is 0 Å². The molecule has 0 radical (unpaired) electrons. The SMILES string of the molecule is CN1C[C@@H](CO)CC12CN(Cc1cnn(C)c1)C2. The van der Waals surface area contributed by atoms with Crippen molar-refractivity contribution in [3.63, 3.8) is 0 Å². The van der Waals surface area contributed by atoms with Crippen molar-refractivity contribution in [2.45, 2.75) is 18.5 Å². The predicted octanol–water partition coefficient (Wildman–Crippen LogP) is -0.0815. The zero-order valence-electron chi connectivity index (χ0n) is 11.2. The van der Waals surface area contributed by atoms with Gasteiger partial charge in [-0.15, -0.1) is 0 Å². The van der Waals surface area contributed by atoms with Crippen molar-refractivity contribution >= 4 is 0 Å². The fourth-order valence-corrected chi connectivity index (χ4v) is 3.54. The van der Waals surface area contributed by atoms with Crippen LogP contribution in [-0.2, 0) is 13.6 Å². The molecule has 2 aliphatic heterocycles. The molecule has 5 heteroatoms. The first-order valence-corrected chi connectivity index (χ1v) is 6.63. The van der Waals surface area contributed by atoms with Gasteiger partial charge in [-0.2, -0.15) is 5.10 Å². The molecule has 18 heavy (non-hydrogen) atoms. The van der Waals surface area contributed by atoms with Crippen LogP contribution in [0.1, 0.15) is 12.0 Å². The summed E-state index contributed by atoms with van der Waals surface area (Å²) in [6.45, 7) is 4.60. The zero-order chi connectivity index (χ0) is 12.8. The monoisotopic (exact) mass is 250 g/mol. The van der Waals surface area contributed by atoms with E-state index in [1.165, 1.54) is 5.56 Å². The van der Waals surface area contributed by atoms with E-state index in [1.807, 2.05) is 17.9 Å². The van der Waals surface area contributed by atoms with E-state index in [0.717, 1.165) is 32.6 Å². The predicted molar refractivity (Wildman–Crippen MR) is 69.0 cm³/mol. The Morgan fingerprint density at radius 1 is 1.44 bits per heavy atom. The summed E-state index contributed by atoms with van der Waals surface area (Å²) in [5, 5.41) is 13.5. The highest BCUT2D eigenvalue weighted by molar-refractivity contribution is 5.12. The smallest absolute Gasteiger partial charge is 0.0534 e. The average Bonchev–Trinajstić information content (AvgIpc) is 2.83. The van der Waals surface area contributed by atoms with Crippen LogP contribution >= 0.6 is 0 Å².